The van der Waals surface area contributed by atoms with Crippen LogP contribution in [0.3, 0.4) is 0 Å². The SMILES string of the molecule is COc1ncnc2[nH]cc(C(=O)c3c(F)ccc(NS(=O)(=O)c4ccc(CF)cc4)c3F)c12. The lowest BCUT2D eigenvalue weighted by atomic mass is 10.0. The van der Waals surface area contributed by atoms with Crippen molar-refractivity contribution in [1.29, 1.82) is 0 Å². The molecule has 0 atom stereocenters. The number of alkyl halides is 1. The van der Waals surface area contributed by atoms with Crippen LogP contribution in [0.1, 0.15) is 21.5 Å². The van der Waals surface area contributed by atoms with E-state index in [-0.39, 0.29) is 32.9 Å². The Balaban J connectivity index is 1.75. The van der Waals surface area contributed by atoms with Gasteiger partial charge in [0.2, 0.25) is 11.7 Å². The maximum atomic E-state index is 15.2. The molecule has 2 aromatic heterocycles. The molecule has 0 amide bonds. The van der Waals surface area contributed by atoms with Crippen molar-refractivity contribution >= 4 is 32.5 Å². The number of halogens is 3. The van der Waals surface area contributed by atoms with Crippen LogP contribution in [0.25, 0.3) is 11.0 Å². The first-order valence-electron chi connectivity index (χ1n) is 9.33. The molecule has 2 aromatic carbocycles. The number of methoxy groups -OCH3 is 1. The Hall–Kier alpha value is -3.93. The highest BCUT2D eigenvalue weighted by Crippen LogP contribution is 2.31. The van der Waals surface area contributed by atoms with Crippen molar-refractivity contribution in [2.75, 3.05) is 11.8 Å². The molecule has 0 unspecified atom stereocenters. The summed E-state index contributed by atoms with van der Waals surface area (Å²) in [6.07, 6.45) is 2.38. The van der Waals surface area contributed by atoms with E-state index in [2.05, 4.69) is 15.0 Å². The van der Waals surface area contributed by atoms with Crippen molar-refractivity contribution in [1.82, 2.24) is 15.0 Å². The summed E-state index contributed by atoms with van der Waals surface area (Å²) in [5.41, 5.74) is -1.32. The number of hydrogen-bond acceptors (Lipinski definition) is 6. The largest absolute Gasteiger partial charge is 0.480 e. The Morgan fingerprint density at radius 1 is 1.12 bits per heavy atom. The van der Waals surface area contributed by atoms with Crippen molar-refractivity contribution in [3.05, 3.63) is 77.2 Å². The van der Waals surface area contributed by atoms with Gasteiger partial charge in [0.1, 0.15) is 24.5 Å². The average Bonchev–Trinajstić information content (AvgIpc) is 3.25. The van der Waals surface area contributed by atoms with Crippen molar-refractivity contribution in [2.45, 2.75) is 11.6 Å². The van der Waals surface area contributed by atoms with Gasteiger partial charge in [-0.25, -0.2) is 31.6 Å². The summed E-state index contributed by atoms with van der Waals surface area (Å²) in [6, 6.07) is 6.43. The van der Waals surface area contributed by atoms with E-state index in [1.807, 2.05) is 4.72 Å². The molecule has 0 spiro atoms. The van der Waals surface area contributed by atoms with Crippen LogP contribution in [0.5, 0.6) is 5.88 Å². The van der Waals surface area contributed by atoms with Gasteiger partial charge >= 0.3 is 0 Å². The Bertz CT molecular complexity index is 1470. The Labute approximate surface area is 185 Å². The van der Waals surface area contributed by atoms with E-state index in [4.69, 9.17) is 4.74 Å². The van der Waals surface area contributed by atoms with E-state index in [9.17, 15) is 22.0 Å². The third kappa shape index (κ3) is 4.00. The molecule has 0 aliphatic carbocycles. The number of ether oxygens (including phenoxy) is 1. The lowest BCUT2D eigenvalue weighted by Gasteiger charge is -2.12. The average molecular weight is 476 g/mol. The fraction of sp³-hybridized carbons (Fsp3) is 0.0952. The normalized spacial score (nSPS) is 11.5. The van der Waals surface area contributed by atoms with Gasteiger partial charge in [-0.3, -0.25) is 9.52 Å². The molecule has 0 bridgehead atoms. The van der Waals surface area contributed by atoms with Gasteiger partial charge in [-0.2, -0.15) is 0 Å². The van der Waals surface area contributed by atoms with Crippen LogP contribution in [0, 0.1) is 11.6 Å². The highest BCUT2D eigenvalue weighted by atomic mass is 32.2. The van der Waals surface area contributed by atoms with Gasteiger partial charge in [-0.1, -0.05) is 12.1 Å². The lowest BCUT2D eigenvalue weighted by molar-refractivity contribution is 0.103. The van der Waals surface area contributed by atoms with E-state index >= 15 is 4.39 Å². The number of anilines is 1. The van der Waals surface area contributed by atoms with Crippen LogP contribution >= 0.6 is 0 Å². The number of carbonyl (C=O) groups is 1. The standard InChI is InChI=1S/C21H15F3N4O4S/c1-32-21-16-13(9-25-20(16)26-10-27-21)19(29)17-14(23)6-7-15(18(17)24)28-33(30,31)12-4-2-11(8-22)3-5-12/h2-7,9-10,28H,8H2,1H3,(H,25,26,27). The minimum atomic E-state index is -4.31. The summed E-state index contributed by atoms with van der Waals surface area (Å²) >= 11 is 0. The molecule has 12 heteroatoms. The highest BCUT2D eigenvalue weighted by molar-refractivity contribution is 7.92. The zero-order valence-electron chi connectivity index (χ0n) is 16.9. The number of aromatic amines is 1. The van der Waals surface area contributed by atoms with Crippen molar-refractivity contribution < 1.29 is 31.1 Å². The maximum Gasteiger partial charge on any atom is 0.261 e. The predicted molar refractivity (Wildman–Crippen MR) is 112 cm³/mol. The lowest BCUT2D eigenvalue weighted by Crippen LogP contribution is -2.16. The van der Waals surface area contributed by atoms with E-state index in [1.54, 1.807) is 0 Å². The van der Waals surface area contributed by atoms with Crippen molar-refractivity contribution in [3.63, 3.8) is 0 Å². The molecular weight excluding hydrogens is 461 g/mol. The summed E-state index contributed by atoms with van der Waals surface area (Å²) in [4.78, 5) is 23.3. The van der Waals surface area contributed by atoms with E-state index < -0.39 is 45.4 Å². The monoisotopic (exact) mass is 476 g/mol. The number of nitrogens with zero attached hydrogens (tertiary/aromatic N) is 2. The van der Waals surface area contributed by atoms with Gasteiger partial charge in [-0.05, 0) is 29.8 Å². The molecule has 33 heavy (non-hydrogen) atoms. The first kappa shape index (κ1) is 22.3. The summed E-state index contributed by atoms with van der Waals surface area (Å²) in [6.45, 7) is -0.782. The second-order valence-corrected chi connectivity index (χ2v) is 8.49. The third-order valence-electron chi connectivity index (χ3n) is 4.82. The topological polar surface area (TPSA) is 114 Å². The summed E-state index contributed by atoms with van der Waals surface area (Å²) in [5, 5.41) is 0.114. The predicted octanol–water partition coefficient (Wildman–Crippen LogP) is 3.75. The number of H-pyrrole nitrogens is 1. The zero-order chi connectivity index (χ0) is 23.8. The second-order valence-electron chi connectivity index (χ2n) is 6.81. The fourth-order valence-corrected chi connectivity index (χ4v) is 4.26. The van der Waals surface area contributed by atoms with Crippen molar-refractivity contribution in [3.8, 4) is 5.88 Å². The van der Waals surface area contributed by atoms with Crippen molar-refractivity contribution in [2.24, 2.45) is 0 Å². The van der Waals surface area contributed by atoms with Crippen LogP contribution in [0.15, 0.2) is 53.8 Å². The molecule has 0 saturated heterocycles. The number of fused-ring (bicyclic) bond motifs is 1. The molecule has 170 valence electrons. The molecule has 0 radical (unpaired) electrons. The van der Waals surface area contributed by atoms with Gasteiger partial charge in [0, 0.05) is 6.20 Å². The van der Waals surface area contributed by atoms with E-state index in [0.29, 0.717) is 0 Å². The molecular formula is C21H15F3N4O4S. The number of carbonyl (C=O) groups excluding carboxylic acids is 1. The quantitative estimate of drug-likeness (QED) is 0.393. The maximum absolute atomic E-state index is 15.2. The molecule has 0 fully saturated rings. The van der Waals surface area contributed by atoms with Crippen LogP contribution in [-0.2, 0) is 16.7 Å². The highest BCUT2D eigenvalue weighted by Gasteiger charge is 2.27. The molecule has 0 aliphatic heterocycles. The minimum Gasteiger partial charge on any atom is -0.480 e. The van der Waals surface area contributed by atoms with E-state index in [1.165, 1.54) is 31.8 Å². The van der Waals surface area contributed by atoms with Gasteiger partial charge in [0.05, 0.1) is 34.2 Å². The van der Waals surface area contributed by atoms with Crippen LogP contribution in [-0.4, -0.2) is 36.3 Å². The number of sulfonamides is 1. The third-order valence-corrected chi connectivity index (χ3v) is 6.20. The number of hydrogen-bond donors (Lipinski definition) is 2. The number of benzene rings is 2. The van der Waals surface area contributed by atoms with E-state index in [0.717, 1.165) is 24.3 Å². The summed E-state index contributed by atoms with van der Waals surface area (Å²) in [5.74, 6) is -3.66. The van der Waals surface area contributed by atoms with Crippen LogP contribution in [0.2, 0.25) is 0 Å². The van der Waals surface area contributed by atoms with Crippen LogP contribution in [0.4, 0.5) is 18.9 Å². The summed E-state index contributed by atoms with van der Waals surface area (Å²) < 4.78 is 74.8. The smallest absolute Gasteiger partial charge is 0.261 e. The first-order valence-corrected chi connectivity index (χ1v) is 10.8. The van der Waals surface area contributed by atoms with Gasteiger partial charge in [0.25, 0.3) is 10.0 Å². The fourth-order valence-electron chi connectivity index (χ4n) is 3.20. The zero-order valence-corrected chi connectivity index (χ0v) is 17.7. The van der Waals surface area contributed by atoms with Crippen LogP contribution < -0.4 is 9.46 Å². The first-order chi connectivity index (χ1) is 15.8. The molecule has 8 nitrogen and oxygen atoms in total. The number of nitrogens with one attached hydrogen (secondary N) is 2. The summed E-state index contributed by atoms with van der Waals surface area (Å²) in [7, 11) is -3.00. The molecule has 2 N–H and O–H groups in total. The van der Waals surface area contributed by atoms with Gasteiger partial charge < -0.3 is 9.72 Å². The molecule has 2 heterocycles. The number of rotatable bonds is 7. The molecule has 0 saturated carbocycles. The second kappa shape index (κ2) is 8.54. The Morgan fingerprint density at radius 2 is 1.85 bits per heavy atom. The number of ketones is 1. The molecule has 0 aliphatic rings. The Morgan fingerprint density at radius 3 is 2.52 bits per heavy atom. The molecule has 4 aromatic rings. The Kier molecular flexibility index (Phi) is 5.77. The molecule has 4 rings (SSSR count). The number of aromatic nitrogens is 3. The van der Waals surface area contributed by atoms with Gasteiger partial charge in [0.15, 0.2) is 5.82 Å². The minimum absolute atomic E-state index is 0.0130. The van der Waals surface area contributed by atoms with Gasteiger partial charge in [-0.15, -0.1) is 0 Å².